The van der Waals surface area contributed by atoms with Gasteiger partial charge in [0, 0.05) is 6.92 Å². The maximum absolute atomic E-state index is 13.3. The molecule has 0 aliphatic rings. The van der Waals surface area contributed by atoms with Gasteiger partial charge in [-0.25, -0.2) is 0 Å². The lowest BCUT2D eigenvalue weighted by atomic mass is 9.90. The number of rotatable bonds is 3. The minimum absolute atomic E-state index is 0.101. The first kappa shape index (κ1) is 17.9. The molecule has 0 aliphatic carbocycles. The summed E-state index contributed by atoms with van der Waals surface area (Å²) in [7, 11) is 0. The fourth-order valence-electron chi connectivity index (χ4n) is 1.16. The Morgan fingerprint density at radius 2 is 1.32 bits per heavy atom. The van der Waals surface area contributed by atoms with Crippen molar-refractivity contribution in [2.24, 2.45) is 0 Å². The van der Waals surface area contributed by atoms with Crippen LogP contribution in [0.25, 0.3) is 0 Å². The molecule has 3 nitrogen and oxygen atoms in total. The van der Waals surface area contributed by atoms with Crippen molar-refractivity contribution in [1.29, 1.82) is 0 Å². The Labute approximate surface area is 101 Å². The van der Waals surface area contributed by atoms with Crippen LogP contribution in [0.3, 0.4) is 0 Å². The molecule has 1 unspecified atom stereocenters. The molecule has 0 aromatic heterocycles. The van der Waals surface area contributed by atoms with Crippen LogP contribution in [0.1, 0.15) is 13.8 Å². The predicted molar refractivity (Wildman–Crippen MR) is 43.2 cm³/mol. The lowest BCUT2D eigenvalue weighted by Gasteiger charge is -2.40. The van der Waals surface area contributed by atoms with Crippen LogP contribution in [0.5, 0.6) is 0 Å². The zero-order valence-electron chi connectivity index (χ0n) is 9.36. The average Bonchev–Trinajstić information content (AvgIpc) is 2.11. The number of aliphatic hydroxyl groups is 1. The Morgan fingerprint density at radius 1 is 1.00 bits per heavy atom. The van der Waals surface area contributed by atoms with Gasteiger partial charge in [0.15, 0.2) is 6.10 Å². The van der Waals surface area contributed by atoms with Crippen LogP contribution in [0, 0.1) is 0 Å². The monoisotopic (exact) mass is 304 g/mol. The van der Waals surface area contributed by atoms with Crippen LogP contribution in [-0.2, 0) is 9.53 Å². The summed E-state index contributed by atoms with van der Waals surface area (Å²) in [4.78, 5) is 10.3. The van der Waals surface area contributed by atoms with Crippen LogP contribution < -0.4 is 0 Å². The third kappa shape index (κ3) is 2.90. The zero-order valence-corrected chi connectivity index (χ0v) is 9.36. The summed E-state index contributed by atoms with van der Waals surface area (Å²) in [6.07, 6.45) is -16.6. The van der Waals surface area contributed by atoms with Gasteiger partial charge < -0.3 is 9.84 Å². The van der Waals surface area contributed by atoms with E-state index in [1.165, 1.54) is 0 Å². The van der Waals surface area contributed by atoms with Crippen LogP contribution in [-0.4, -0.2) is 41.1 Å². The number of ether oxygens (including phenoxy) is 1. The number of esters is 1. The smallest absolute Gasteiger partial charge is 0.432 e. The van der Waals surface area contributed by atoms with Crippen LogP contribution in [0.4, 0.5) is 35.1 Å². The van der Waals surface area contributed by atoms with Gasteiger partial charge in [-0.05, 0) is 6.92 Å². The van der Waals surface area contributed by atoms with Crippen molar-refractivity contribution in [3.63, 3.8) is 0 Å². The number of halogens is 8. The molecule has 0 heterocycles. The van der Waals surface area contributed by atoms with E-state index >= 15 is 0 Å². The van der Waals surface area contributed by atoms with E-state index in [1.54, 1.807) is 0 Å². The molecule has 0 aromatic carbocycles. The lowest BCUT2D eigenvalue weighted by molar-refractivity contribution is -0.432. The van der Waals surface area contributed by atoms with E-state index in [0.717, 1.165) is 0 Å². The summed E-state index contributed by atoms with van der Waals surface area (Å²) in [5.41, 5.74) is -6.33. The van der Waals surface area contributed by atoms with E-state index in [2.05, 4.69) is 4.74 Å². The molecule has 1 N–H and O–H groups in total. The first-order valence-electron chi connectivity index (χ1n) is 4.50. The molecule has 114 valence electrons. The minimum atomic E-state index is -6.72. The standard InChI is InChI=1S/C8H8F8O3/c1-3(19-4(2)17)5(9,10)6(18,7(11,12)13)8(14,15)16/h3,18H,1-2H3. The Hall–Kier alpha value is -1.13. The summed E-state index contributed by atoms with van der Waals surface area (Å²) >= 11 is 0. The molecule has 1 atom stereocenters. The molecular formula is C8H8F8O3. The zero-order chi connectivity index (χ0) is 15.9. The highest BCUT2D eigenvalue weighted by Crippen LogP contribution is 2.53. The highest BCUT2D eigenvalue weighted by Gasteiger charge is 2.84. The Morgan fingerprint density at radius 3 is 1.53 bits per heavy atom. The van der Waals surface area contributed by atoms with Crippen molar-refractivity contribution in [3.05, 3.63) is 0 Å². The minimum Gasteiger partial charge on any atom is -0.456 e. The van der Waals surface area contributed by atoms with Crippen molar-refractivity contribution in [2.75, 3.05) is 0 Å². The van der Waals surface area contributed by atoms with Crippen LogP contribution in [0.2, 0.25) is 0 Å². The molecule has 19 heavy (non-hydrogen) atoms. The number of carbonyl (C=O) groups excluding carboxylic acids is 1. The van der Waals surface area contributed by atoms with Crippen molar-refractivity contribution >= 4 is 5.97 Å². The number of hydrogen-bond acceptors (Lipinski definition) is 3. The Kier molecular flexibility index (Phi) is 4.48. The highest BCUT2D eigenvalue weighted by molar-refractivity contribution is 5.66. The predicted octanol–water partition coefficient (Wildman–Crippen LogP) is 2.43. The number of carbonyl (C=O) groups is 1. The third-order valence-electron chi connectivity index (χ3n) is 2.16. The van der Waals surface area contributed by atoms with Gasteiger partial charge in [0.2, 0.25) is 0 Å². The SMILES string of the molecule is CC(=O)OC(C)C(F)(F)C(O)(C(F)(F)F)C(F)(F)F. The van der Waals surface area contributed by atoms with Gasteiger partial charge in [-0.3, -0.25) is 4.79 Å². The van der Waals surface area contributed by atoms with Crippen molar-refractivity contribution in [2.45, 2.75) is 43.8 Å². The Balaban J connectivity index is 5.83. The van der Waals surface area contributed by atoms with Gasteiger partial charge in [0.05, 0.1) is 0 Å². The molecule has 11 heteroatoms. The van der Waals surface area contributed by atoms with Gasteiger partial charge in [0.25, 0.3) is 0 Å². The molecular weight excluding hydrogens is 296 g/mol. The van der Waals surface area contributed by atoms with E-state index in [-0.39, 0.29) is 6.92 Å². The van der Waals surface area contributed by atoms with Gasteiger partial charge in [-0.2, -0.15) is 35.1 Å². The van der Waals surface area contributed by atoms with Gasteiger partial charge in [-0.15, -0.1) is 0 Å². The molecule has 0 aromatic rings. The molecule has 0 bridgehead atoms. The van der Waals surface area contributed by atoms with Crippen molar-refractivity contribution in [3.8, 4) is 0 Å². The summed E-state index contributed by atoms with van der Waals surface area (Å²) in [5.74, 6) is -7.35. The fourth-order valence-corrected chi connectivity index (χ4v) is 1.16. The lowest BCUT2D eigenvalue weighted by Crippen LogP contribution is -2.70. The maximum atomic E-state index is 13.3. The van der Waals surface area contributed by atoms with Crippen LogP contribution >= 0.6 is 0 Å². The molecule has 0 rings (SSSR count). The summed E-state index contributed by atoms with van der Waals surface area (Å²) in [5, 5.41) is 8.50. The molecule has 0 amide bonds. The molecule has 0 fully saturated rings. The summed E-state index contributed by atoms with van der Waals surface area (Å²) in [6.45, 7) is 0.608. The third-order valence-corrected chi connectivity index (χ3v) is 2.16. The molecule has 0 saturated heterocycles. The van der Waals surface area contributed by atoms with E-state index in [9.17, 15) is 39.9 Å². The van der Waals surface area contributed by atoms with Gasteiger partial charge in [0.1, 0.15) is 0 Å². The maximum Gasteiger partial charge on any atom is 0.432 e. The number of hydrogen-bond donors (Lipinski definition) is 1. The first-order chi connectivity index (χ1) is 8.09. The van der Waals surface area contributed by atoms with E-state index in [0.29, 0.717) is 6.92 Å². The second-order valence-corrected chi connectivity index (χ2v) is 3.58. The Bertz CT molecular complexity index is 331. The molecule has 0 radical (unpaired) electrons. The fraction of sp³-hybridized carbons (Fsp3) is 0.875. The average molecular weight is 304 g/mol. The normalized spacial score (nSPS) is 16.2. The quantitative estimate of drug-likeness (QED) is 0.643. The topological polar surface area (TPSA) is 46.5 Å². The largest absolute Gasteiger partial charge is 0.456 e. The molecule has 0 aliphatic heterocycles. The van der Waals surface area contributed by atoms with E-state index in [4.69, 9.17) is 5.11 Å². The second-order valence-electron chi connectivity index (χ2n) is 3.58. The van der Waals surface area contributed by atoms with E-state index < -0.39 is 35.9 Å². The molecule has 0 saturated carbocycles. The van der Waals surface area contributed by atoms with E-state index in [1.807, 2.05) is 0 Å². The first-order valence-corrected chi connectivity index (χ1v) is 4.50. The highest BCUT2D eigenvalue weighted by atomic mass is 19.4. The van der Waals surface area contributed by atoms with Gasteiger partial charge >= 0.3 is 29.8 Å². The van der Waals surface area contributed by atoms with Crippen molar-refractivity contribution < 1.29 is 49.8 Å². The van der Waals surface area contributed by atoms with Crippen LogP contribution in [0.15, 0.2) is 0 Å². The van der Waals surface area contributed by atoms with Gasteiger partial charge in [-0.1, -0.05) is 0 Å². The summed E-state index contributed by atoms with van der Waals surface area (Å²) in [6, 6.07) is 0. The van der Waals surface area contributed by atoms with Crippen molar-refractivity contribution in [1.82, 2.24) is 0 Å². The number of alkyl halides is 8. The molecule has 0 spiro atoms. The second kappa shape index (κ2) is 4.76. The summed E-state index contributed by atoms with van der Waals surface area (Å²) < 4.78 is 103.